The van der Waals surface area contributed by atoms with Crippen LogP contribution in [0.3, 0.4) is 0 Å². The van der Waals surface area contributed by atoms with E-state index in [4.69, 9.17) is 5.73 Å². The SMILES string of the molecule is Nc1nc(OCC(F)(F)C(F)F)cc(C(F)(F)F)n1. The fourth-order valence-electron chi connectivity index (χ4n) is 0.895. The third kappa shape index (κ3) is 4.10. The zero-order valence-corrected chi connectivity index (χ0v) is 8.89. The number of anilines is 1. The van der Waals surface area contributed by atoms with Crippen molar-refractivity contribution in [3.05, 3.63) is 11.8 Å². The first-order chi connectivity index (χ1) is 8.52. The Morgan fingerprint density at radius 3 is 2.21 bits per heavy atom. The van der Waals surface area contributed by atoms with E-state index in [2.05, 4.69) is 14.7 Å². The van der Waals surface area contributed by atoms with Crippen LogP contribution in [-0.4, -0.2) is 28.9 Å². The van der Waals surface area contributed by atoms with E-state index >= 15 is 0 Å². The molecule has 0 aromatic carbocycles. The molecule has 0 spiro atoms. The minimum absolute atomic E-state index is 0.178. The Balaban J connectivity index is 2.88. The first kappa shape index (κ1) is 15.2. The van der Waals surface area contributed by atoms with Crippen LogP contribution >= 0.6 is 0 Å². The normalized spacial score (nSPS) is 12.8. The van der Waals surface area contributed by atoms with E-state index in [1.54, 1.807) is 0 Å². The molecule has 11 heteroatoms. The second kappa shape index (κ2) is 5.05. The van der Waals surface area contributed by atoms with E-state index in [1.807, 2.05) is 0 Å². The van der Waals surface area contributed by atoms with Gasteiger partial charge in [0.05, 0.1) is 0 Å². The summed E-state index contributed by atoms with van der Waals surface area (Å²) in [5, 5.41) is 0. The van der Waals surface area contributed by atoms with E-state index in [0.717, 1.165) is 0 Å². The monoisotopic (exact) mass is 293 g/mol. The lowest BCUT2D eigenvalue weighted by molar-refractivity contribution is -0.149. The number of hydrogen-bond acceptors (Lipinski definition) is 4. The average Bonchev–Trinajstić information content (AvgIpc) is 2.24. The van der Waals surface area contributed by atoms with Crippen molar-refractivity contribution in [2.75, 3.05) is 12.3 Å². The number of rotatable bonds is 4. The van der Waals surface area contributed by atoms with E-state index < -0.39 is 42.7 Å². The number of nitrogens with two attached hydrogens (primary N) is 1. The molecule has 19 heavy (non-hydrogen) atoms. The van der Waals surface area contributed by atoms with Gasteiger partial charge in [0, 0.05) is 6.07 Å². The molecule has 1 aromatic rings. The predicted octanol–water partition coefficient (Wildman–Crippen LogP) is 2.36. The van der Waals surface area contributed by atoms with Gasteiger partial charge >= 0.3 is 18.5 Å². The number of aromatic nitrogens is 2. The molecule has 108 valence electrons. The van der Waals surface area contributed by atoms with Gasteiger partial charge < -0.3 is 10.5 Å². The van der Waals surface area contributed by atoms with Gasteiger partial charge in [0.15, 0.2) is 12.3 Å². The molecular formula is C8H6F7N3O. The molecule has 0 amide bonds. The lowest BCUT2D eigenvalue weighted by atomic mass is 10.3. The van der Waals surface area contributed by atoms with Crippen LogP contribution in [0.15, 0.2) is 6.07 Å². The zero-order valence-electron chi connectivity index (χ0n) is 8.89. The molecule has 1 aromatic heterocycles. The topological polar surface area (TPSA) is 61.0 Å². The summed E-state index contributed by atoms with van der Waals surface area (Å²) in [5.41, 5.74) is 3.39. The van der Waals surface area contributed by atoms with Crippen LogP contribution in [0.2, 0.25) is 0 Å². The Bertz CT molecular complexity index is 448. The fraction of sp³-hybridized carbons (Fsp3) is 0.500. The molecule has 2 N–H and O–H groups in total. The first-order valence-electron chi connectivity index (χ1n) is 4.53. The Kier molecular flexibility index (Phi) is 4.06. The van der Waals surface area contributed by atoms with Crippen LogP contribution in [0, 0.1) is 0 Å². The molecule has 4 nitrogen and oxygen atoms in total. The Morgan fingerprint density at radius 2 is 1.74 bits per heavy atom. The molecule has 1 heterocycles. The van der Waals surface area contributed by atoms with Crippen LogP contribution in [0.5, 0.6) is 5.88 Å². The molecule has 0 atom stereocenters. The Hall–Kier alpha value is -1.81. The smallest absolute Gasteiger partial charge is 0.433 e. The standard InChI is InChI=1S/C8H6F7N3O/c9-5(10)7(11,12)2-19-4-1-3(8(13,14)15)17-6(16)18-4/h1,5H,2H2,(H2,16,17,18). The number of nitrogen functional groups attached to an aromatic ring is 1. The van der Waals surface area contributed by atoms with E-state index in [9.17, 15) is 30.7 Å². The molecule has 0 aliphatic carbocycles. The number of ether oxygens (including phenoxy) is 1. The molecule has 0 fully saturated rings. The largest absolute Gasteiger partial charge is 0.471 e. The third-order valence-corrected chi connectivity index (χ3v) is 1.74. The molecular weight excluding hydrogens is 287 g/mol. The van der Waals surface area contributed by atoms with Crippen molar-refractivity contribution >= 4 is 5.95 Å². The van der Waals surface area contributed by atoms with Gasteiger partial charge in [-0.15, -0.1) is 0 Å². The highest BCUT2D eigenvalue weighted by Crippen LogP contribution is 2.30. The van der Waals surface area contributed by atoms with Crippen LogP contribution in [0.1, 0.15) is 5.69 Å². The molecule has 0 saturated heterocycles. The van der Waals surface area contributed by atoms with Crippen molar-refractivity contribution in [1.29, 1.82) is 0 Å². The third-order valence-electron chi connectivity index (χ3n) is 1.74. The van der Waals surface area contributed by atoms with Gasteiger partial charge in [0.2, 0.25) is 11.8 Å². The van der Waals surface area contributed by atoms with E-state index in [0.29, 0.717) is 0 Å². The molecule has 0 bridgehead atoms. The highest BCUT2D eigenvalue weighted by atomic mass is 19.4. The number of hydrogen-bond donors (Lipinski definition) is 1. The minimum Gasteiger partial charge on any atom is -0.471 e. The van der Waals surface area contributed by atoms with Crippen molar-refractivity contribution in [1.82, 2.24) is 9.97 Å². The van der Waals surface area contributed by atoms with Crippen LogP contribution in [0.4, 0.5) is 36.7 Å². The minimum atomic E-state index is -4.90. The maximum Gasteiger partial charge on any atom is 0.433 e. The van der Waals surface area contributed by atoms with Gasteiger partial charge in [-0.1, -0.05) is 0 Å². The summed E-state index contributed by atoms with van der Waals surface area (Å²) in [6.45, 7) is -1.83. The highest BCUT2D eigenvalue weighted by Gasteiger charge is 2.42. The molecule has 0 radical (unpaired) electrons. The first-order valence-corrected chi connectivity index (χ1v) is 4.53. The quantitative estimate of drug-likeness (QED) is 0.866. The number of halogens is 7. The van der Waals surface area contributed by atoms with Crippen molar-refractivity contribution in [2.24, 2.45) is 0 Å². The second-order valence-corrected chi connectivity index (χ2v) is 3.30. The van der Waals surface area contributed by atoms with Gasteiger partial charge in [-0.25, -0.2) is 13.8 Å². The highest BCUT2D eigenvalue weighted by molar-refractivity contribution is 5.27. The zero-order chi connectivity index (χ0) is 14.8. The summed E-state index contributed by atoms with van der Waals surface area (Å²) in [6, 6.07) is 0.178. The molecule has 0 unspecified atom stereocenters. The molecule has 0 aliphatic heterocycles. The summed E-state index contributed by atoms with van der Waals surface area (Å²) in [4.78, 5) is 5.89. The predicted molar refractivity (Wildman–Crippen MR) is 47.9 cm³/mol. The van der Waals surface area contributed by atoms with Gasteiger partial charge in [0.25, 0.3) is 0 Å². The van der Waals surface area contributed by atoms with Gasteiger partial charge in [-0.2, -0.15) is 26.9 Å². The van der Waals surface area contributed by atoms with Crippen LogP contribution in [-0.2, 0) is 6.18 Å². The van der Waals surface area contributed by atoms with Gasteiger partial charge in [-0.05, 0) is 0 Å². The Labute approximate surface area is 101 Å². The maximum absolute atomic E-state index is 12.5. The fourth-order valence-corrected chi connectivity index (χ4v) is 0.895. The summed E-state index contributed by atoms with van der Waals surface area (Å²) in [7, 11) is 0. The number of nitrogens with zero attached hydrogens (tertiary/aromatic N) is 2. The summed E-state index contributed by atoms with van der Waals surface area (Å²) in [5.74, 6) is -6.37. The second-order valence-electron chi connectivity index (χ2n) is 3.30. The molecule has 1 rings (SSSR count). The van der Waals surface area contributed by atoms with Crippen molar-refractivity contribution in [3.8, 4) is 5.88 Å². The van der Waals surface area contributed by atoms with Gasteiger partial charge in [0.1, 0.15) is 0 Å². The van der Waals surface area contributed by atoms with E-state index in [1.165, 1.54) is 0 Å². The van der Waals surface area contributed by atoms with E-state index in [-0.39, 0.29) is 6.07 Å². The number of alkyl halides is 7. The van der Waals surface area contributed by atoms with Crippen molar-refractivity contribution < 1.29 is 35.5 Å². The summed E-state index contributed by atoms with van der Waals surface area (Å²) in [6.07, 6.45) is -8.92. The summed E-state index contributed by atoms with van der Waals surface area (Å²) >= 11 is 0. The van der Waals surface area contributed by atoms with Crippen molar-refractivity contribution in [3.63, 3.8) is 0 Å². The van der Waals surface area contributed by atoms with Crippen LogP contribution < -0.4 is 10.5 Å². The average molecular weight is 293 g/mol. The summed E-state index contributed by atoms with van der Waals surface area (Å²) < 4.78 is 89.5. The van der Waals surface area contributed by atoms with Crippen molar-refractivity contribution in [2.45, 2.75) is 18.5 Å². The van der Waals surface area contributed by atoms with Crippen LogP contribution in [0.25, 0.3) is 0 Å². The lowest BCUT2D eigenvalue weighted by Gasteiger charge is -2.16. The van der Waals surface area contributed by atoms with Gasteiger partial charge in [-0.3, -0.25) is 0 Å². The molecule has 0 aliphatic rings. The lowest BCUT2D eigenvalue weighted by Crippen LogP contribution is -2.34. The Morgan fingerprint density at radius 1 is 1.16 bits per heavy atom. The molecule has 0 saturated carbocycles. The maximum atomic E-state index is 12.5.